The van der Waals surface area contributed by atoms with Gasteiger partial charge in [0.25, 0.3) is 5.91 Å². The van der Waals surface area contributed by atoms with E-state index in [0.29, 0.717) is 28.9 Å². The number of benzene rings is 2. The number of ether oxygens (including phenoxy) is 1. The third-order valence-corrected chi connectivity index (χ3v) is 4.05. The molecule has 3 rings (SSSR count). The lowest BCUT2D eigenvalue weighted by Gasteiger charge is -2.09. The predicted octanol–water partition coefficient (Wildman–Crippen LogP) is 4.12. The first-order valence-corrected chi connectivity index (χ1v) is 8.71. The zero-order chi connectivity index (χ0) is 19.2. The van der Waals surface area contributed by atoms with Crippen molar-refractivity contribution in [2.24, 2.45) is 0 Å². The van der Waals surface area contributed by atoms with Crippen molar-refractivity contribution in [1.82, 2.24) is 15.3 Å². The van der Waals surface area contributed by atoms with Crippen LogP contribution < -0.4 is 15.4 Å². The molecule has 0 fully saturated rings. The minimum Gasteiger partial charge on any atom is -0.497 e. The Morgan fingerprint density at radius 3 is 2.44 bits per heavy atom. The first kappa shape index (κ1) is 18.7. The van der Waals surface area contributed by atoms with Crippen LogP contribution in [0, 0.1) is 6.92 Å². The summed E-state index contributed by atoms with van der Waals surface area (Å²) in [6.45, 7) is 2.21. The van der Waals surface area contributed by atoms with Crippen LogP contribution in [0.25, 0.3) is 0 Å². The summed E-state index contributed by atoms with van der Waals surface area (Å²) in [5, 5.41) is 6.59. The third kappa shape index (κ3) is 5.18. The number of nitrogens with one attached hydrogen (secondary N) is 2. The van der Waals surface area contributed by atoms with Gasteiger partial charge in [0, 0.05) is 22.9 Å². The molecule has 1 heterocycles. The van der Waals surface area contributed by atoms with Gasteiger partial charge in [-0.3, -0.25) is 4.79 Å². The second-order valence-corrected chi connectivity index (χ2v) is 6.32. The molecule has 0 aliphatic heterocycles. The number of hydrogen-bond donors (Lipinski definition) is 2. The van der Waals surface area contributed by atoms with E-state index in [1.165, 1.54) is 0 Å². The molecule has 2 aromatic carbocycles. The van der Waals surface area contributed by atoms with E-state index < -0.39 is 0 Å². The average molecular weight is 383 g/mol. The number of methoxy groups -OCH3 is 1. The van der Waals surface area contributed by atoms with Crippen LogP contribution in [-0.4, -0.2) is 23.0 Å². The zero-order valence-corrected chi connectivity index (χ0v) is 15.7. The van der Waals surface area contributed by atoms with Gasteiger partial charge in [-0.25, -0.2) is 9.97 Å². The highest BCUT2D eigenvalue weighted by Crippen LogP contribution is 2.17. The van der Waals surface area contributed by atoms with E-state index in [1.807, 2.05) is 43.3 Å². The molecule has 27 heavy (non-hydrogen) atoms. The topological polar surface area (TPSA) is 76.1 Å². The van der Waals surface area contributed by atoms with Crippen molar-refractivity contribution < 1.29 is 9.53 Å². The fraction of sp³-hybridized carbons (Fsp3) is 0.150. The Kier molecular flexibility index (Phi) is 5.88. The molecule has 0 atom stereocenters. The minimum absolute atomic E-state index is 0.268. The minimum atomic E-state index is -0.268. The number of carbonyl (C=O) groups excluding carboxylic acids is 1. The Bertz CT molecular complexity index is 928. The summed E-state index contributed by atoms with van der Waals surface area (Å²) in [5.41, 5.74) is 2.74. The monoisotopic (exact) mass is 382 g/mol. The molecule has 0 aliphatic carbocycles. The van der Waals surface area contributed by atoms with Gasteiger partial charge in [-0.05, 0) is 55.0 Å². The zero-order valence-electron chi connectivity index (χ0n) is 15.0. The molecule has 0 radical (unpaired) electrons. The van der Waals surface area contributed by atoms with E-state index in [-0.39, 0.29) is 5.91 Å². The number of rotatable bonds is 6. The fourth-order valence-corrected chi connectivity index (χ4v) is 2.55. The highest BCUT2D eigenvalue weighted by molar-refractivity contribution is 6.30. The van der Waals surface area contributed by atoms with Crippen LogP contribution in [0.4, 0.5) is 11.6 Å². The van der Waals surface area contributed by atoms with Crippen LogP contribution in [0.3, 0.4) is 0 Å². The van der Waals surface area contributed by atoms with Gasteiger partial charge in [0.2, 0.25) is 5.95 Å². The number of aromatic nitrogens is 2. The van der Waals surface area contributed by atoms with Crippen LogP contribution >= 0.6 is 11.6 Å². The van der Waals surface area contributed by atoms with Gasteiger partial charge < -0.3 is 15.4 Å². The van der Waals surface area contributed by atoms with Crippen LogP contribution in [-0.2, 0) is 6.54 Å². The molecule has 0 unspecified atom stereocenters. The molecule has 3 aromatic rings. The van der Waals surface area contributed by atoms with E-state index in [0.717, 1.165) is 17.0 Å². The second-order valence-electron chi connectivity index (χ2n) is 5.88. The summed E-state index contributed by atoms with van der Waals surface area (Å²) >= 11 is 5.89. The summed E-state index contributed by atoms with van der Waals surface area (Å²) in [6.07, 6.45) is 0. The Morgan fingerprint density at radius 1 is 1.07 bits per heavy atom. The van der Waals surface area contributed by atoms with E-state index >= 15 is 0 Å². The first-order valence-electron chi connectivity index (χ1n) is 8.33. The highest BCUT2D eigenvalue weighted by atomic mass is 35.5. The first-order chi connectivity index (χ1) is 13.0. The van der Waals surface area contributed by atoms with Crippen LogP contribution in [0.1, 0.15) is 21.7 Å². The molecule has 138 valence electrons. The van der Waals surface area contributed by atoms with Crippen molar-refractivity contribution in [2.75, 3.05) is 12.4 Å². The van der Waals surface area contributed by atoms with Crippen molar-refractivity contribution in [3.8, 4) is 5.75 Å². The quantitative estimate of drug-likeness (QED) is 0.670. The van der Waals surface area contributed by atoms with E-state index in [4.69, 9.17) is 16.3 Å². The van der Waals surface area contributed by atoms with Gasteiger partial charge in [-0.2, -0.15) is 0 Å². The van der Waals surface area contributed by atoms with Gasteiger partial charge in [0.15, 0.2) is 0 Å². The van der Waals surface area contributed by atoms with Gasteiger partial charge in [0.05, 0.1) is 7.11 Å². The summed E-state index contributed by atoms with van der Waals surface area (Å²) in [6, 6.07) is 16.3. The Morgan fingerprint density at radius 2 is 1.78 bits per heavy atom. The van der Waals surface area contributed by atoms with Crippen molar-refractivity contribution >= 4 is 29.1 Å². The Labute approximate surface area is 162 Å². The molecule has 0 spiro atoms. The molecule has 0 saturated heterocycles. The summed E-state index contributed by atoms with van der Waals surface area (Å²) in [4.78, 5) is 21.1. The van der Waals surface area contributed by atoms with E-state index in [1.54, 1.807) is 25.3 Å². The van der Waals surface area contributed by atoms with Crippen LogP contribution in [0.2, 0.25) is 5.02 Å². The summed E-state index contributed by atoms with van der Waals surface area (Å²) < 4.78 is 5.13. The lowest BCUT2D eigenvalue weighted by Crippen LogP contribution is -2.24. The molecule has 0 aliphatic rings. The van der Waals surface area contributed by atoms with Crippen molar-refractivity contribution in [2.45, 2.75) is 13.5 Å². The molecule has 7 heteroatoms. The van der Waals surface area contributed by atoms with E-state index in [2.05, 4.69) is 20.6 Å². The maximum Gasteiger partial charge on any atom is 0.270 e. The van der Waals surface area contributed by atoms with Gasteiger partial charge in [0.1, 0.15) is 11.4 Å². The number of nitrogens with zero attached hydrogens (tertiary/aromatic N) is 2. The molecule has 0 saturated carbocycles. The van der Waals surface area contributed by atoms with E-state index in [9.17, 15) is 4.79 Å². The molecular weight excluding hydrogens is 364 g/mol. The lowest BCUT2D eigenvalue weighted by atomic mass is 10.2. The van der Waals surface area contributed by atoms with Gasteiger partial charge >= 0.3 is 0 Å². The van der Waals surface area contributed by atoms with Crippen LogP contribution in [0.5, 0.6) is 5.75 Å². The summed E-state index contributed by atoms with van der Waals surface area (Å²) in [7, 11) is 1.61. The number of carbonyl (C=O) groups is 1. The van der Waals surface area contributed by atoms with Gasteiger partial charge in [-0.1, -0.05) is 23.7 Å². The van der Waals surface area contributed by atoms with Gasteiger partial charge in [-0.15, -0.1) is 0 Å². The summed E-state index contributed by atoms with van der Waals surface area (Å²) in [5.74, 6) is 0.858. The largest absolute Gasteiger partial charge is 0.497 e. The number of anilines is 2. The predicted molar refractivity (Wildman–Crippen MR) is 106 cm³/mol. The Balaban J connectivity index is 1.68. The Hall–Kier alpha value is -3.12. The van der Waals surface area contributed by atoms with Crippen LogP contribution in [0.15, 0.2) is 54.6 Å². The smallest absolute Gasteiger partial charge is 0.270 e. The number of halogens is 1. The average Bonchev–Trinajstić information content (AvgIpc) is 2.68. The fourth-order valence-electron chi connectivity index (χ4n) is 2.42. The third-order valence-electron chi connectivity index (χ3n) is 3.80. The molecule has 2 N–H and O–H groups in total. The number of aryl methyl sites for hydroxylation is 1. The molecule has 6 nitrogen and oxygen atoms in total. The second kappa shape index (κ2) is 8.51. The van der Waals surface area contributed by atoms with Crippen molar-refractivity contribution in [3.05, 3.63) is 76.6 Å². The molecule has 0 bridgehead atoms. The lowest BCUT2D eigenvalue weighted by molar-refractivity contribution is 0.0945. The molecule has 1 amide bonds. The number of amides is 1. The number of hydrogen-bond acceptors (Lipinski definition) is 5. The highest BCUT2D eigenvalue weighted by Gasteiger charge is 2.11. The molecule has 1 aromatic heterocycles. The SMILES string of the molecule is COc1ccc(CNC(=O)c2cc(C)nc(Nc3ccc(Cl)cc3)n2)cc1. The maximum absolute atomic E-state index is 12.5. The van der Waals surface area contributed by atoms with Crippen molar-refractivity contribution in [1.29, 1.82) is 0 Å². The van der Waals surface area contributed by atoms with Crippen molar-refractivity contribution in [3.63, 3.8) is 0 Å². The molecular formula is C20H19ClN4O2. The maximum atomic E-state index is 12.5. The standard InChI is InChI=1S/C20H19ClN4O2/c1-13-11-18(19(26)22-12-14-3-9-17(27-2)10-4-14)25-20(23-13)24-16-7-5-15(21)6-8-16/h3-11H,12H2,1-2H3,(H,22,26)(H,23,24,25). The normalized spacial score (nSPS) is 10.3.